The zero-order valence-electron chi connectivity index (χ0n) is 26.0. The number of alkyl carbamates (subject to hydrolysis) is 1. The molecule has 0 fully saturated rings. The summed E-state index contributed by atoms with van der Waals surface area (Å²) in [5.41, 5.74) is 0.193. The fourth-order valence-corrected chi connectivity index (χ4v) is 4.34. The molecular weight excluding hydrogens is 566 g/mol. The number of fused-ring (bicyclic) bond motifs is 1. The summed E-state index contributed by atoms with van der Waals surface area (Å²) in [5, 5.41) is 15.9. The first-order chi connectivity index (χ1) is 20.6. The number of aromatic nitrogens is 1. The number of carbonyl (C=O) groups is 4. The van der Waals surface area contributed by atoms with Crippen molar-refractivity contribution in [3.8, 4) is 5.75 Å². The van der Waals surface area contributed by atoms with Gasteiger partial charge in [0.2, 0.25) is 5.91 Å². The molecule has 0 aliphatic carbocycles. The summed E-state index contributed by atoms with van der Waals surface area (Å²) >= 11 is 0. The molecule has 0 spiro atoms. The minimum absolute atomic E-state index is 0.0527. The van der Waals surface area contributed by atoms with Crippen molar-refractivity contribution in [2.75, 3.05) is 6.61 Å². The van der Waals surface area contributed by atoms with E-state index < -0.39 is 47.3 Å². The number of ether oxygens (including phenoxy) is 3. The van der Waals surface area contributed by atoms with Crippen LogP contribution in [-0.2, 0) is 31.9 Å². The van der Waals surface area contributed by atoms with Crippen LogP contribution in [0.5, 0.6) is 5.75 Å². The SMILES string of the molecule is C=CCOc1ccc(C[C@H](NC(=O)OC(C)(C)C)C(=O)N[C@@H](Cc2cn(C(=O)OC(C)(C)C)c3ccccc23)C(=O)O)cc1. The number of nitrogens with one attached hydrogen (secondary N) is 2. The zero-order chi connectivity index (χ0) is 32.7. The number of amides is 2. The predicted octanol–water partition coefficient (Wildman–Crippen LogP) is 5.24. The molecule has 0 radical (unpaired) electrons. The first-order valence-electron chi connectivity index (χ1n) is 14.2. The summed E-state index contributed by atoms with van der Waals surface area (Å²) in [6.45, 7) is 14.3. The van der Waals surface area contributed by atoms with Crippen molar-refractivity contribution >= 4 is 35.0 Å². The average Bonchev–Trinajstić information content (AvgIpc) is 3.28. The van der Waals surface area contributed by atoms with Crippen LogP contribution in [0.25, 0.3) is 10.9 Å². The highest BCUT2D eigenvalue weighted by atomic mass is 16.6. The molecule has 0 saturated heterocycles. The smallest absolute Gasteiger partial charge is 0.419 e. The van der Waals surface area contributed by atoms with Crippen molar-refractivity contribution in [3.05, 3.63) is 78.5 Å². The molecule has 11 heteroatoms. The van der Waals surface area contributed by atoms with Crippen LogP contribution in [0.15, 0.2) is 67.4 Å². The Balaban J connectivity index is 1.86. The molecular formula is C33H41N3O8. The van der Waals surface area contributed by atoms with Gasteiger partial charge in [-0.2, -0.15) is 0 Å². The summed E-state index contributed by atoms with van der Waals surface area (Å²) in [4.78, 5) is 51.5. The van der Waals surface area contributed by atoms with Crippen molar-refractivity contribution in [3.63, 3.8) is 0 Å². The normalized spacial score (nSPS) is 13.0. The Labute approximate surface area is 257 Å². The van der Waals surface area contributed by atoms with Gasteiger partial charge in [0.1, 0.15) is 35.6 Å². The largest absolute Gasteiger partial charge is 0.490 e. The second-order valence-corrected chi connectivity index (χ2v) is 12.3. The predicted molar refractivity (Wildman–Crippen MR) is 166 cm³/mol. The van der Waals surface area contributed by atoms with E-state index in [1.807, 2.05) is 0 Å². The maximum atomic E-state index is 13.5. The van der Waals surface area contributed by atoms with Gasteiger partial charge in [-0.25, -0.2) is 14.4 Å². The Kier molecular flexibility index (Phi) is 10.8. The number of benzene rings is 2. The topological polar surface area (TPSA) is 145 Å². The number of para-hydroxylation sites is 1. The minimum Gasteiger partial charge on any atom is -0.490 e. The molecule has 1 aromatic heterocycles. The molecule has 2 atom stereocenters. The lowest BCUT2D eigenvalue weighted by molar-refractivity contribution is -0.142. The first-order valence-corrected chi connectivity index (χ1v) is 14.2. The van der Waals surface area contributed by atoms with E-state index in [-0.39, 0.29) is 12.8 Å². The Morgan fingerprint density at radius 1 is 0.886 bits per heavy atom. The van der Waals surface area contributed by atoms with Crippen LogP contribution in [0.3, 0.4) is 0 Å². The van der Waals surface area contributed by atoms with Crippen LogP contribution < -0.4 is 15.4 Å². The van der Waals surface area contributed by atoms with Crippen molar-refractivity contribution in [2.24, 2.45) is 0 Å². The number of carboxylic acids is 1. The van der Waals surface area contributed by atoms with E-state index in [2.05, 4.69) is 17.2 Å². The maximum absolute atomic E-state index is 13.5. The molecule has 11 nitrogen and oxygen atoms in total. The number of carboxylic acid groups (broad SMARTS) is 1. The monoisotopic (exact) mass is 607 g/mol. The standard InChI is InChI=1S/C33H41N3O8/c1-8-17-42-23-15-13-21(14-16-23)18-25(35-30(40)43-32(2,3)4)28(37)34-26(29(38)39)19-22-20-36(31(41)44-33(5,6)7)27-12-10-9-11-24(22)27/h8-16,20,25-26H,1,17-19H2,2-7H3,(H,34,37)(H,35,40)(H,38,39)/t25-,26-/m0/s1. The Hall–Kier alpha value is -4.80. The lowest BCUT2D eigenvalue weighted by atomic mass is 10.0. The van der Waals surface area contributed by atoms with Crippen LogP contribution in [0.4, 0.5) is 9.59 Å². The number of rotatable bonds is 11. The molecule has 0 unspecified atom stereocenters. The Bertz CT molecular complexity index is 1500. The molecule has 2 aromatic carbocycles. The van der Waals surface area contributed by atoms with Crippen LogP contribution >= 0.6 is 0 Å². The molecule has 3 aromatic rings. The van der Waals surface area contributed by atoms with Gasteiger partial charge in [-0.1, -0.05) is 43.0 Å². The van der Waals surface area contributed by atoms with Crippen molar-refractivity contribution in [2.45, 2.75) is 77.7 Å². The van der Waals surface area contributed by atoms with Gasteiger partial charge in [-0.3, -0.25) is 9.36 Å². The Morgan fingerprint density at radius 3 is 2.11 bits per heavy atom. The number of hydrogen-bond acceptors (Lipinski definition) is 7. The highest BCUT2D eigenvalue weighted by molar-refractivity contribution is 5.93. The summed E-state index contributed by atoms with van der Waals surface area (Å²) in [6, 6.07) is 11.4. The van der Waals surface area contributed by atoms with E-state index in [0.717, 1.165) is 0 Å². The van der Waals surface area contributed by atoms with Gasteiger partial charge in [0.15, 0.2) is 0 Å². The third-order valence-electron chi connectivity index (χ3n) is 6.16. The number of nitrogens with zero attached hydrogens (tertiary/aromatic N) is 1. The molecule has 0 aliphatic rings. The van der Waals surface area contributed by atoms with E-state index >= 15 is 0 Å². The molecule has 236 valence electrons. The Morgan fingerprint density at radius 2 is 1.52 bits per heavy atom. The quantitative estimate of drug-likeness (QED) is 0.251. The number of aliphatic carboxylic acids is 1. The third kappa shape index (κ3) is 9.89. The van der Waals surface area contributed by atoms with Gasteiger partial charge in [-0.05, 0) is 70.9 Å². The lowest BCUT2D eigenvalue weighted by Gasteiger charge is -2.24. The first kappa shape index (κ1) is 33.7. The number of hydrogen-bond donors (Lipinski definition) is 3. The van der Waals surface area contributed by atoms with Crippen LogP contribution in [0, 0.1) is 0 Å². The number of carbonyl (C=O) groups excluding carboxylic acids is 3. The fraction of sp³-hybridized carbons (Fsp3) is 0.394. The maximum Gasteiger partial charge on any atom is 0.419 e. The van der Waals surface area contributed by atoms with Gasteiger partial charge < -0.3 is 30.0 Å². The van der Waals surface area contributed by atoms with Crippen molar-refractivity contribution in [1.29, 1.82) is 0 Å². The van der Waals surface area contributed by atoms with Crippen LogP contribution in [-0.4, -0.2) is 63.6 Å². The summed E-state index contributed by atoms with van der Waals surface area (Å²) in [7, 11) is 0. The van der Waals surface area contributed by atoms with Gasteiger partial charge >= 0.3 is 18.2 Å². The van der Waals surface area contributed by atoms with E-state index in [0.29, 0.717) is 34.4 Å². The fourth-order valence-electron chi connectivity index (χ4n) is 4.34. The van der Waals surface area contributed by atoms with Crippen LogP contribution in [0.1, 0.15) is 52.7 Å². The molecule has 3 N–H and O–H groups in total. The molecule has 0 aliphatic heterocycles. The summed E-state index contributed by atoms with van der Waals surface area (Å²) in [6.07, 6.45) is 1.62. The molecule has 1 heterocycles. The second kappa shape index (κ2) is 14.1. The molecule has 3 rings (SSSR count). The molecule has 44 heavy (non-hydrogen) atoms. The summed E-state index contributed by atoms with van der Waals surface area (Å²) < 4.78 is 17.7. The van der Waals surface area contributed by atoms with Gasteiger partial charge in [-0.15, -0.1) is 0 Å². The van der Waals surface area contributed by atoms with Crippen molar-refractivity contribution in [1.82, 2.24) is 15.2 Å². The second-order valence-electron chi connectivity index (χ2n) is 12.3. The highest BCUT2D eigenvalue weighted by Crippen LogP contribution is 2.24. The van der Waals surface area contributed by atoms with E-state index in [4.69, 9.17) is 14.2 Å². The van der Waals surface area contributed by atoms with Crippen molar-refractivity contribution < 1.29 is 38.5 Å². The van der Waals surface area contributed by atoms with Gasteiger partial charge in [0, 0.05) is 24.4 Å². The summed E-state index contributed by atoms with van der Waals surface area (Å²) in [5.74, 6) is -1.40. The molecule has 0 saturated carbocycles. The average molecular weight is 608 g/mol. The third-order valence-corrected chi connectivity index (χ3v) is 6.16. The van der Waals surface area contributed by atoms with Gasteiger partial charge in [0.25, 0.3) is 0 Å². The van der Waals surface area contributed by atoms with Crippen LogP contribution in [0.2, 0.25) is 0 Å². The van der Waals surface area contributed by atoms with E-state index in [1.54, 1.807) is 96.1 Å². The van der Waals surface area contributed by atoms with E-state index in [9.17, 15) is 24.3 Å². The lowest BCUT2D eigenvalue weighted by Crippen LogP contribution is -2.53. The highest BCUT2D eigenvalue weighted by Gasteiger charge is 2.30. The molecule has 2 amide bonds. The molecule has 0 bridgehead atoms. The zero-order valence-corrected chi connectivity index (χ0v) is 26.0. The van der Waals surface area contributed by atoms with Gasteiger partial charge in [0.05, 0.1) is 5.52 Å². The minimum atomic E-state index is -1.38. The van der Waals surface area contributed by atoms with E-state index in [1.165, 1.54) is 10.8 Å².